The average molecular weight is 267 g/mol. The lowest BCUT2D eigenvalue weighted by Crippen LogP contribution is -2.26. The Kier molecular flexibility index (Phi) is 3.98. The van der Waals surface area contributed by atoms with Crippen LogP contribution in [-0.4, -0.2) is 23.8 Å². The molecule has 98 valence electrons. The monoisotopic (exact) mass is 267 g/mol. The Labute approximate surface area is 107 Å². The van der Waals surface area contributed by atoms with Crippen LogP contribution >= 0.6 is 0 Å². The van der Waals surface area contributed by atoms with Gasteiger partial charge in [0.15, 0.2) is 0 Å². The molecule has 0 unspecified atom stereocenters. The molecule has 2 aromatic heterocycles. The number of hydrogen-bond acceptors (Lipinski definition) is 3. The van der Waals surface area contributed by atoms with Crippen molar-refractivity contribution in [1.29, 1.82) is 0 Å². The molecule has 0 bridgehead atoms. The number of fused-ring (bicyclic) bond motifs is 1. The van der Waals surface area contributed by atoms with Gasteiger partial charge in [0.1, 0.15) is 0 Å². The molecule has 0 saturated heterocycles. The number of nitrogens with one attached hydrogen (secondary N) is 1. The van der Waals surface area contributed by atoms with Crippen LogP contribution in [0.3, 0.4) is 0 Å². The van der Waals surface area contributed by atoms with Crippen molar-refractivity contribution in [3.8, 4) is 0 Å². The maximum atomic E-state index is 11.7. The first-order chi connectivity index (χ1) is 8.62. The van der Waals surface area contributed by atoms with E-state index in [4.69, 9.17) is 0 Å². The van der Waals surface area contributed by atoms with E-state index in [1.54, 1.807) is 10.7 Å². The summed E-state index contributed by atoms with van der Waals surface area (Å²) < 4.78 is 27.8. The second-order valence-electron chi connectivity index (χ2n) is 4.19. The molecule has 5 nitrogen and oxygen atoms in total. The lowest BCUT2D eigenvalue weighted by atomic mass is 10.2. The lowest BCUT2D eigenvalue weighted by Gasteiger charge is -2.07. The SMILES string of the molecule is CCCCS(=O)(=O)NCc1cccn2nccc12. The van der Waals surface area contributed by atoms with E-state index in [0.29, 0.717) is 13.0 Å². The molecule has 0 radical (unpaired) electrons. The Morgan fingerprint density at radius 1 is 1.39 bits per heavy atom. The molecule has 18 heavy (non-hydrogen) atoms. The third-order valence-corrected chi connectivity index (χ3v) is 4.18. The molecule has 0 aromatic carbocycles. The van der Waals surface area contributed by atoms with E-state index < -0.39 is 10.0 Å². The van der Waals surface area contributed by atoms with Crippen LogP contribution in [0.25, 0.3) is 5.52 Å². The molecule has 2 aromatic rings. The lowest BCUT2D eigenvalue weighted by molar-refractivity contribution is 0.578. The second kappa shape index (κ2) is 5.49. The Hall–Kier alpha value is -1.40. The summed E-state index contributed by atoms with van der Waals surface area (Å²) in [5.74, 6) is 0.186. The van der Waals surface area contributed by atoms with Gasteiger partial charge in [-0.1, -0.05) is 19.4 Å². The zero-order valence-electron chi connectivity index (χ0n) is 10.3. The second-order valence-corrected chi connectivity index (χ2v) is 6.11. The summed E-state index contributed by atoms with van der Waals surface area (Å²) in [5, 5.41) is 4.11. The third-order valence-electron chi connectivity index (χ3n) is 2.77. The molecular formula is C12H17N3O2S. The van der Waals surface area contributed by atoms with Gasteiger partial charge in [-0.2, -0.15) is 5.10 Å². The van der Waals surface area contributed by atoms with Gasteiger partial charge in [0.05, 0.1) is 11.3 Å². The van der Waals surface area contributed by atoms with Crippen molar-refractivity contribution in [3.05, 3.63) is 36.2 Å². The molecule has 2 rings (SSSR count). The topological polar surface area (TPSA) is 63.5 Å². The minimum atomic E-state index is -3.17. The maximum Gasteiger partial charge on any atom is 0.211 e. The first kappa shape index (κ1) is 13.0. The summed E-state index contributed by atoms with van der Waals surface area (Å²) in [6.07, 6.45) is 5.10. The normalized spacial score (nSPS) is 12.1. The average Bonchev–Trinajstić information content (AvgIpc) is 2.82. The van der Waals surface area contributed by atoms with Crippen LogP contribution in [0.4, 0.5) is 0 Å². The predicted molar refractivity (Wildman–Crippen MR) is 70.7 cm³/mol. The number of nitrogens with zero attached hydrogens (tertiary/aromatic N) is 2. The third kappa shape index (κ3) is 3.08. The van der Waals surface area contributed by atoms with Gasteiger partial charge in [0.2, 0.25) is 10.0 Å². The molecule has 0 atom stereocenters. The molecular weight excluding hydrogens is 250 g/mol. The number of hydrogen-bond donors (Lipinski definition) is 1. The largest absolute Gasteiger partial charge is 0.241 e. The first-order valence-electron chi connectivity index (χ1n) is 6.01. The fourth-order valence-corrected chi connectivity index (χ4v) is 2.95. The van der Waals surface area contributed by atoms with E-state index in [-0.39, 0.29) is 5.75 Å². The highest BCUT2D eigenvalue weighted by Gasteiger charge is 2.10. The molecule has 0 amide bonds. The van der Waals surface area contributed by atoms with Crippen molar-refractivity contribution in [2.24, 2.45) is 0 Å². The molecule has 0 spiro atoms. The standard InChI is InChI=1S/C12H17N3O2S/c1-2-3-9-18(16,17)14-10-11-5-4-8-15-12(11)6-7-13-15/h4-8,14H,2-3,9-10H2,1H3. The summed E-state index contributed by atoms with van der Waals surface area (Å²) >= 11 is 0. The van der Waals surface area contributed by atoms with Crippen LogP contribution in [-0.2, 0) is 16.6 Å². The summed E-state index contributed by atoms with van der Waals surface area (Å²) in [4.78, 5) is 0. The molecule has 0 fully saturated rings. The fraction of sp³-hybridized carbons (Fsp3) is 0.417. The van der Waals surface area contributed by atoms with Crippen LogP contribution < -0.4 is 4.72 Å². The number of unbranched alkanes of at least 4 members (excludes halogenated alkanes) is 1. The molecule has 0 aliphatic heterocycles. The Morgan fingerprint density at radius 2 is 2.22 bits per heavy atom. The minimum absolute atomic E-state index is 0.186. The molecule has 6 heteroatoms. The van der Waals surface area contributed by atoms with Crippen molar-refractivity contribution < 1.29 is 8.42 Å². The highest BCUT2D eigenvalue weighted by molar-refractivity contribution is 7.89. The highest BCUT2D eigenvalue weighted by atomic mass is 32.2. The van der Waals surface area contributed by atoms with Gasteiger partial charge < -0.3 is 0 Å². The Morgan fingerprint density at radius 3 is 3.00 bits per heavy atom. The smallest absolute Gasteiger partial charge is 0.211 e. The van der Waals surface area contributed by atoms with Crippen LogP contribution in [0.2, 0.25) is 0 Å². The van der Waals surface area contributed by atoms with Gasteiger partial charge >= 0.3 is 0 Å². The van der Waals surface area contributed by atoms with Crippen molar-refractivity contribution >= 4 is 15.5 Å². The molecule has 0 aliphatic rings. The molecule has 2 heterocycles. The van der Waals surface area contributed by atoms with Crippen molar-refractivity contribution in [1.82, 2.24) is 14.3 Å². The van der Waals surface area contributed by atoms with Crippen LogP contribution in [0.1, 0.15) is 25.3 Å². The van der Waals surface area contributed by atoms with Gasteiger partial charge in [-0.15, -0.1) is 0 Å². The quantitative estimate of drug-likeness (QED) is 0.863. The minimum Gasteiger partial charge on any atom is -0.241 e. The number of sulfonamides is 1. The molecule has 0 aliphatic carbocycles. The summed E-state index contributed by atoms with van der Waals surface area (Å²) in [6.45, 7) is 2.28. The number of rotatable bonds is 6. The van der Waals surface area contributed by atoms with E-state index >= 15 is 0 Å². The summed E-state index contributed by atoms with van der Waals surface area (Å²) in [6, 6.07) is 5.63. The first-order valence-corrected chi connectivity index (χ1v) is 7.66. The van der Waals surface area contributed by atoms with Crippen LogP contribution in [0.5, 0.6) is 0 Å². The maximum absolute atomic E-state index is 11.7. The Bertz CT molecular complexity index is 619. The van der Waals surface area contributed by atoms with Gasteiger partial charge in [-0.05, 0) is 24.1 Å². The van der Waals surface area contributed by atoms with E-state index in [1.807, 2.05) is 31.3 Å². The van der Waals surface area contributed by atoms with E-state index in [2.05, 4.69) is 9.82 Å². The predicted octanol–water partition coefficient (Wildman–Crippen LogP) is 1.55. The van der Waals surface area contributed by atoms with Gasteiger partial charge in [0, 0.05) is 18.9 Å². The van der Waals surface area contributed by atoms with E-state index in [1.165, 1.54) is 0 Å². The molecule has 1 N–H and O–H groups in total. The van der Waals surface area contributed by atoms with Gasteiger partial charge in [-0.3, -0.25) is 0 Å². The van der Waals surface area contributed by atoms with Crippen molar-refractivity contribution in [2.45, 2.75) is 26.3 Å². The zero-order valence-corrected chi connectivity index (χ0v) is 11.2. The molecule has 0 saturated carbocycles. The van der Waals surface area contributed by atoms with Gasteiger partial charge in [-0.25, -0.2) is 17.7 Å². The van der Waals surface area contributed by atoms with Crippen molar-refractivity contribution in [3.63, 3.8) is 0 Å². The van der Waals surface area contributed by atoms with Crippen molar-refractivity contribution in [2.75, 3.05) is 5.75 Å². The fourth-order valence-electron chi connectivity index (χ4n) is 1.76. The number of aromatic nitrogens is 2. The summed E-state index contributed by atoms with van der Waals surface area (Å²) in [7, 11) is -3.17. The number of pyridine rings is 1. The van der Waals surface area contributed by atoms with Gasteiger partial charge in [0.25, 0.3) is 0 Å². The zero-order chi connectivity index (χ0) is 13.0. The summed E-state index contributed by atoms with van der Waals surface area (Å²) in [5.41, 5.74) is 1.85. The van der Waals surface area contributed by atoms with E-state index in [9.17, 15) is 8.42 Å². The van der Waals surface area contributed by atoms with Crippen LogP contribution in [0, 0.1) is 0 Å². The highest BCUT2D eigenvalue weighted by Crippen LogP contribution is 2.10. The van der Waals surface area contributed by atoms with E-state index in [0.717, 1.165) is 17.5 Å². The Balaban J connectivity index is 2.08. The van der Waals surface area contributed by atoms with Crippen LogP contribution in [0.15, 0.2) is 30.6 Å².